The molecule has 1 aromatic carbocycles. The number of aliphatic imine (C=N–C) groups is 1. The summed E-state index contributed by atoms with van der Waals surface area (Å²) in [6.45, 7) is 0.837. The molecule has 1 atom stereocenters. The second-order valence-corrected chi connectivity index (χ2v) is 5.21. The molecule has 0 saturated heterocycles. The van der Waals surface area contributed by atoms with Crippen LogP contribution in [0.4, 0.5) is 0 Å². The van der Waals surface area contributed by atoms with Crippen LogP contribution >= 0.6 is 11.8 Å². The summed E-state index contributed by atoms with van der Waals surface area (Å²) >= 11 is 1.76. The largest absolute Gasteiger partial charge is 0.347 e. The van der Waals surface area contributed by atoms with Crippen molar-refractivity contribution in [2.24, 2.45) is 4.99 Å². The number of unbranched alkanes of at least 4 members (excludes halogenated alkanes) is 2. The number of ether oxygens (including phenoxy) is 1. The highest BCUT2D eigenvalue weighted by atomic mass is 32.2. The van der Waals surface area contributed by atoms with E-state index in [1.807, 2.05) is 6.21 Å². The third kappa shape index (κ3) is 5.84. The van der Waals surface area contributed by atoms with Crippen LogP contribution in [-0.2, 0) is 11.2 Å². The molecule has 0 bridgehead atoms. The summed E-state index contributed by atoms with van der Waals surface area (Å²) in [6.07, 6.45) is 6.73. The number of hydrogen-bond donors (Lipinski definition) is 0. The lowest BCUT2D eigenvalue weighted by Gasteiger charge is -2.07. The van der Waals surface area contributed by atoms with E-state index in [2.05, 4.69) is 35.3 Å². The molecule has 0 aromatic heterocycles. The smallest absolute Gasteiger partial charge is 0.196 e. The molecule has 0 fully saturated rings. The molecule has 0 radical (unpaired) electrons. The van der Waals surface area contributed by atoms with Gasteiger partial charge in [-0.05, 0) is 35.8 Å². The van der Waals surface area contributed by atoms with Crippen molar-refractivity contribution in [1.29, 1.82) is 0 Å². The summed E-state index contributed by atoms with van der Waals surface area (Å²) in [5.41, 5.74) is 1.51. The summed E-state index contributed by atoms with van der Waals surface area (Å²) in [6, 6.07) is 10.7. The van der Waals surface area contributed by atoms with E-state index in [0.717, 1.165) is 18.8 Å². The quantitative estimate of drug-likeness (QED) is 0.564. The van der Waals surface area contributed by atoms with E-state index in [0.29, 0.717) is 0 Å². The minimum atomic E-state index is 0. The lowest BCUT2D eigenvalue weighted by molar-refractivity contribution is 0.116. The van der Waals surface area contributed by atoms with Crippen molar-refractivity contribution in [3.63, 3.8) is 0 Å². The Morgan fingerprint density at radius 1 is 1.17 bits per heavy atom. The Bertz CT molecular complexity index is 345. The van der Waals surface area contributed by atoms with E-state index in [4.69, 9.17) is 4.74 Å². The molecule has 0 N–H and O–H groups in total. The van der Waals surface area contributed by atoms with Gasteiger partial charge in [0.2, 0.25) is 0 Å². The predicted octanol–water partition coefficient (Wildman–Crippen LogP) is 2.07. The zero-order chi connectivity index (χ0) is 11.8. The van der Waals surface area contributed by atoms with Gasteiger partial charge in [0.15, 0.2) is 5.56 Å². The monoisotopic (exact) mass is 281 g/mol. The molecule has 1 aliphatic heterocycles. The van der Waals surface area contributed by atoms with E-state index in [-0.39, 0.29) is 16.5 Å². The van der Waals surface area contributed by atoms with Crippen molar-refractivity contribution in [2.75, 3.05) is 12.4 Å². The van der Waals surface area contributed by atoms with Crippen molar-refractivity contribution in [2.45, 2.75) is 31.2 Å². The lowest BCUT2D eigenvalue weighted by atomic mass is 10.1. The van der Waals surface area contributed by atoms with Gasteiger partial charge in [0.05, 0.1) is 6.61 Å². The van der Waals surface area contributed by atoms with Gasteiger partial charge in [-0.3, -0.25) is 4.99 Å². The maximum atomic E-state index is 5.62. The first-order valence-electron chi connectivity index (χ1n) is 6.24. The summed E-state index contributed by atoms with van der Waals surface area (Å²) in [5.74, 6) is 0.999. The number of benzene rings is 1. The van der Waals surface area contributed by atoms with Crippen LogP contribution in [0.15, 0.2) is 35.3 Å². The minimum Gasteiger partial charge on any atom is -0.347 e. The first-order valence-corrected chi connectivity index (χ1v) is 7.29. The predicted molar refractivity (Wildman–Crippen MR) is 86.0 cm³/mol. The van der Waals surface area contributed by atoms with Crippen LogP contribution in [0.1, 0.15) is 24.8 Å². The first kappa shape index (κ1) is 15.5. The Balaban J connectivity index is 0.00000162. The fourth-order valence-corrected chi connectivity index (χ4v) is 2.53. The molecule has 0 saturated carbocycles. The highest BCUT2D eigenvalue weighted by Crippen LogP contribution is 2.18. The van der Waals surface area contributed by atoms with Gasteiger partial charge in [-0.2, -0.15) is 0 Å². The van der Waals surface area contributed by atoms with Crippen LogP contribution in [0.25, 0.3) is 0 Å². The van der Waals surface area contributed by atoms with E-state index < -0.39 is 0 Å². The fourth-order valence-electron chi connectivity index (χ4n) is 1.83. The second kappa shape index (κ2) is 9.36. The van der Waals surface area contributed by atoms with Gasteiger partial charge in [-0.15, -0.1) is 11.8 Å². The molecule has 1 aromatic rings. The van der Waals surface area contributed by atoms with Crippen LogP contribution in [-0.4, -0.2) is 35.1 Å². The molecule has 0 amide bonds. The second-order valence-electron chi connectivity index (χ2n) is 4.14. The molecule has 100 valence electrons. The third-order valence-electron chi connectivity index (χ3n) is 2.75. The molecule has 1 unspecified atom stereocenters. The summed E-state index contributed by atoms with van der Waals surface area (Å²) in [7, 11) is 0. The van der Waals surface area contributed by atoms with Crippen molar-refractivity contribution >= 4 is 28.9 Å². The Labute approximate surface area is 118 Å². The van der Waals surface area contributed by atoms with Crippen molar-refractivity contribution in [3.05, 3.63) is 35.9 Å². The standard InChI is InChI=1S/C14H19NOS.H4Si/c1-3-7-13(8-4-1)9-5-2-6-11-16-14-15-10-12-17-14;/h1,3-4,7-8,10,14H,2,5-6,9,11-12H2;1H4. The minimum absolute atomic E-state index is 0. The number of nitrogens with zero attached hydrogens (tertiary/aromatic N) is 1. The Kier molecular flexibility index (Phi) is 8.05. The van der Waals surface area contributed by atoms with Gasteiger partial charge in [0.25, 0.3) is 0 Å². The van der Waals surface area contributed by atoms with Gasteiger partial charge in [0, 0.05) is 12.0 Å². The molecular formula is C14H23NOSSi. The summed E-state index contributed by atoms with van der Waals surface area (Å²) in [4.78, 5) is 4.22. The fraction of sp³-hybridized carbons (Fsp3) is 0.500. The molecule has 2 nitrogen and oxygen atoms in total. The zero-order valence-corrected chi connectivity index (χ0v) is 10.9. The SMILES string of the molecule is C1=NC(OCCCCCc2ccccc2)SC1.[SiH4]. The Morgan fingerprint density at radius 2 is 2.00 bits per heavy atom. The van der Waals surface area contributed by atoms with Crippen molar-refractivity contribution in [3.8, 4) is 0 Å². The molecule has 0 aliphatic carbocycles. The lowest BCUT2D eigenvalue weighted by Crippen LogP contribution is -2.03. The van der Waals surface area contributed by atoms with Crippen LogP contribution < -0.4 is 0 Å². The molecular weight excluding hydrogens is 258 g/mol. The number of aryl methyl sites for hydroxylation is 1. The van der Waals surface area contributed by atoms with Crippen molar-refractivity contribution in [1.82, 2.24) is 0 Å². The average Bonchev–Trinajstić information content (AvgIpc) is 2.88. The molecule has 18 heavy (non-hydrogen) atoms. The Hall–Kier alpha value is -0.583. The van der Waals surface area contributed by atoms with Crippen LogP contribution in [0.2, 0.25) is 0 Å². The maximum absolute atomic E-state index is 5.62. The van der Waals surface area contributed by atoms with Crippen molar-refractivity contribution < 1.29 is 4.74 Å². The van der Waals surface area contributed by atoms with Crippen LogP contribution in [0.3, 0.4) is 0 Å². The van der Waals surface area contributed by atoms with Gasteiger partial charge in [-0.25, -0.2) is 0 Å². The molecule has 1 heterocycles. The van der Waals surface area contributed by atoms with E-state index >= 15 is 0 Å². The van der Waals surface area contributed by atoms with Gasteiger partial charge < -0.3 is 4.74 Å². The summed E-state index contributed by atoms with van der Waals surface area (Å²) in [5, 5.41) is 0. The van der Waals surface area contributed by atoms with Crippen LogP contribution in [0, 0.1) is 0 Å². The first-order chi connectivity index (χ1) is 8.45. The molecule has 0 spiro atoms. The molecule has 4 heteroatoms. The Morgan fingerprint density at radius 3 is 2.72 bits per heavy atom. The van der Waals surface area contributed by atoms with Gasteiger partial charge in [-0.1, -0.05) is 36.8 Å². The third-order valence-corrected chi connectivity index (χ3v) is 3.64. The number of hydrogen-bond acceptors (Lipinski definition) is 3. The van der Waals surface area contributed by atoms with E-state index in [1.54, 1.807) is 11.8 Å². The highest BCUT2D eigenvalue weighted by molar-refractivity contribution is 8.00. The van der Waals surface area contributed by atoms with E-state index in [9.17, 15) is 0 Å². The maximum Gasteiger partial charge on any atom is 0.196 e. The number of rotatable bonds is 7. The zero-order valence-electron chi connectivity index (χ0n) is 10.0. The molecule has 2 rings (SSSR count). The average molecular weight is 281 g/mol. The van der Waals surface area contributed by atoms with Gasteiger partial charge in [0.1, 0.15) is 0 Å². The highest BCUT2D eigenvalue weighted by Gasteiger charge is 2.09. The molecule has 1 aliphatic rings. The van der Waals surface area contributed by atoms with Gasteiger partial charge >= 0.3 is 0 Å². The van der Waals surface area contributed by atoms with Crippen LogP contribution in [0.5, 0.6) is 0 Å². The number of thioether (sulfide) groups is 1. The topological polar surface area (TPSA) is 21.6 Å². The van der Waals surface area contributed by atoms with E-state index in [1.165, 1.54) is 24.8 Å². The summed E-state index contributed by atoms with van der Waals surface area (Å²) < 4.78 is 5.62. The normalized spacial score (nSPS) is 17.7.